The summed E-state index contributed by atoms with van der Waals surface area (Å²) in [5.41, 5.74) is 1.58. The van der Waals surface area contributed by atoms with Gasteiger partial charge in [-0.15, -0.1) is 0 Å². The van der Waals surface area contributed by atoms with Crippen molar-refractivity contribution >= 4 is 29.1 Å². The topological polar surface area (TPSA) is 96.6 Å². The summed E-state index contributed by atoms with van der Waals surface area (Å²) < 4.78 is 5.32. The molecule has 0 saturated carbocycles. The van der Waals surface area contributed by atoms with Crippen LogP contribution >= 0.6 is 11.3 Å². The van der Waals surface area contributed by atoms with E-state index in [9.17, 15) is 14.4 Å². The molecular formula is C19H14N4O4S. The van der Waals surface area contributed by atoms with Gasteiger partial charge in [-0.25, -0.2) is 0 Å². The number of aromatic nitrogens is 2. The lowest BCUT2D eigenvalue weighted by Crippen LogP contribution is -2.52. The molecule has 1 aromatic carbocycles. The molecule has 2 aliphatic heterocycles. The summed E-state index contributed by atoms with van der Waals surface area (Å²) in [6, 6.07) is 8.51. The van der Waals surface area contributed by atoms with E-state index >= 15 is 0 Å². The fraction of sp³-hybridized carbons (Fsp3) is 0.211. The lowest BCUT2D eigenvalue weighted by Gasteiger charge is -2.37. The van der Waals surface area contributed by atoms with Gasteiger partial charge in [0.25, 0.3) is 11.8 Å². The van der Waals surface area contributed by atoms with E-state index in [2.05, 4.69) is 10.1 Å². The van der Waals surface area contributed by atoms with Gasteiger partial charge in [-0.3, -0.25) is 19.3 Å². The van der Waals surface area contributed by atoms with Gasteiger partial charge < -0.3 is 9.42 Å². The second-order valence-corrected chi connectivity index (χ2v) is 7.49. The number of nitrogens with zero attached hydrogens (tertiary/aromatic N) is 4. The largest absolute Gasteiger partial charge is 0.339 e. The first-order valence-corrected chi connectivity index (χ1v) is 9.65. The van der Waals surface area contributed by atoms with Gasteiger partial charge in [-0.05, 0) is 23.6 Å². The summed E-state index contributed by atoms with van der Waals surface area (Å²) in [5.74, 6) is -0.140. The van der Waals surface area contributed by atoms with Gasteiger partial charge in [0.15, 0.2) is 0 Å². The number of likely N-dealkylation sites (tertiary alicyclic amines) is 1. The Hall–Kier alpha value is -3.33. The van der Waals surface area contributed by atoms with Gasteiger partial charge in [-0.1, -0.05) is 17.3 Å². The van der Waals surface area contributed by atoms with Gasteiger partial charge in [-0.2, -0.15) is 16.3 Å². The minimum Gasteiger partial charge on any atom is -0.339 e. The van der Waals surface area contributed by atoms with Crippen LogP contribution in [0.2, 0.25) is 0 Å². The molecule has 3 amide bonds. The Labute approximate surface area is 163 Å². The van der Waals surface area contributed by atoms with Gasteiger partial charge in [0.05, 0.1) is 17.0 Å². The van der Waals surface area contributed by atoms with E-state index in [1.807, 2.05) is 16.8 Å². The fourth-order valence-electron chi connectivity index (χ4n) is 3.37. The van der Waals surface area contributed by atoms with Crippen molar-refractivity contribution in [2.45, 2.75) is 5.92 Å². The lowest BCUT2D eigenvalue weighted by molar-refractivity contribution is -0.136. The van der Waals surface area contributed by atoms with Crippen molar-refractivity contribution in [1.29, 1.82) is 0 Å². The smallest absolute Gasteiger partial charge is 0.262 e. The second-order valence-electron chi connectivity index (χ2n) is 6.71. The highest BCUT2D eigenvalue weighted by Gasteiger charge is 2.40. The molecule has 0 bridgehead atoms. The summed E-state index contributed by atoms with van der Waals surface area (Å²) >= 11 is 1.55. The molecule has 2 aliphatic rings. The summed E-state index contributed by atoms with van der Waals surface area (Å²) in [7, 11) is 0. The summed E-state index contributed by atoms with van der Waals surface area (Å²) in [6.45, 7) is 0.587. The van der Waals surface area contributed by atoms with Gasteiger partial charge in [0, 0.05) is 24.0 Å². The molecule has 8 nitrogen and oxygen atoms in total. The fourth-order valence-corrected chi connectivity index (χ4v) is 4.00. The number of fused-ring (bicyclic) bond motifs is 1. The van der Waals surface area contributed by atoms with Crippen LogP contribution in [0.5, 0.6) is 0 Å². The molecule has 28 heavy (non-hydrogen) atoms. The Morgan fingerprint density at radius 3 is 2.50 bits per heavy atom. The first-order chi connectivity index (χ1) is 13.6. The molecule has 0 unspecified atom stereocenters. The number of imide groups is 1. The van der Waals surface area contributed by atoms with Crippen LogP contribution in [-0.2, 0) is 4.79 Å². The molecule has 0 N–H and O–H groups in total. The summed E-state index contributed by atoms with van der Waals surface area (Å²) in [5, 5.41) is 7.85. The molecule has 9 heteroatoms. The zero-order valence-corrected chi connectivity index (χ0v) is 15.4. The molecule has 140 valence electrons. The van der Waals surface area contributed by atoms with Crippen LogP contribution < -0.4 is 0 Å². The first-order valence-electron chi connectivity index (χ1n) is 8.71. The molecular weight excluding hydrogens is 380 g/mol. The molecule has 0 aliphatic carbocycles. The second kappa shape index (κ2) is 6.38. The van der Waals surface area contributed by atoms with Crippen molar-refractivity contribution in [2.75, 3.05) is 19.6 Å². The number of thiophene rings is 1. The highest BCUT2D eigenvalue weighted by Crippen LogP contribution is 2.29. The van der Waals surface area contributed by atoms with Crippen LogP contribution in [-0.4, -0.2) is 57.3 Å². The van der Waals surface area contributed by atoms with Crippen LogP contribution in [0.25, 0.3) is 11.4 Å². The number of carbonyl (C=O) groups excluding carboxylic acids is 3. The number of amides is 3. The maximum atomic E-state index is 12.5. The SMILES string of the molecule is O=C(CN1C(=O)c2ccccc2C1=O)N1CC(c2nc(-c3ccsc3)no2)C1. The first kappa shape index (κ1) is 16.8. The van der Waals surface area contributed by atoms with E-state index in [0.717, 1.165) is 10.5 Å². The van der Waals surface area contributed by atoms with E-state index < -0.39 is 11.8 Å². The summed E-state index contributed by atoms with van der Waals surface area (Å²) in [6.07, 6.45) is 0. The maximum Gasteiger partial charge on any atom is 0.262 e. The Balaban J connectivity index is 1.21. The Morgan fingerprint density at radius 1 is 1.14 bits per heavy atom. The van der Waals surface area contributed by atoms with Crippen molar-refractivity contribution in [2.24, 2.45) is 0 Å². The molecule has 5 rings (SSSR count). The van der Waals surface area contributed by atoms with E-state index in [4.69, 9.17) is 4.52 Å². The number of hydrogen-bond acceptors (Lipinski definition) is 7. The van der Waals surface area contributed by atoms with E-state index in [1.54, 1.807) is 40.5 Å². The zero-order chi connectivity index (χ0) is 19.3. The highest BCUT2D eigenvalue weighted by molar-refractivity contribution is 7.08. The third kappa shape index (κ3) is 2.63. The number of hydrogen-bond donors (Lipinski definition) is 0. The van der Waals surface area contributed by atoms with Crippen LogP contribution in [0.15, 0.2) is 45.6 Å². The van der Waals surface area contributed by atoms with Crippen LogP contribution in [0.4, 0.5) is 0 Å². The van der Waals surface area contributed by atoms with Gasteiger partial charge in [0.1, 0.15) is 6.54 Å². The average Bonchev–Trinajstić information content (AvgIpc) is 3.39. The average molecular weight is 394 g/mol. The van der Waals surface area contributed by atoms with E-state index in [0.29, 0.717) is 35.9 Å². The normalized spacial score (nSPS) is 16.4. The quantitative estimate of drug-likeness (QED) is 0.628. The molecule has 0 spiro atoms. The molecule has 0 radical (unpaired) electrons. The van der Waals surface area contributed by atoms with Gasteiger partial charge in [0.2, 0.25) is 17.6 Å². The van der Waals surface area contributed by atoms with Crippen LogP contribution in [0, 0.1) is 0 Å². The molecule has 0 atom stereocenters. The minimum atomic E-state index is -0.427. The monoisotopic (exact) mass is 394 g/mol. The Kier molecular flexibility index (Phi) is 3.83. The van der Waals surface area contributed by atoms with Crippen LogP contribution in [0.1, 0.15) is 32.5 Å². The van der Waals surface area contributed by atoms with Crippen molar-refractivity contribution in [1.82, 2.24) is 19.9 Å². The maximum absolute atomic E-state index is 12.5. The number of rotatable bonds is 4. The standard InChI is InChI=1S/C19H14N4O4S/c24-15(9-23-18(25)13-3-1-2-4-14(13)19(23)26)22-7-12(8-22)17-20-16(21-27-17)11-5-6-28-10-11/h1-6,10,12H,7-9H2. The Morgan fingerprint density at radius 2 is 1.86 bits per heavy atom. The van der Waals surface area contributed by atoms with Crippen LogP contribution in [0.3, 0.4) is 0 Å². The van der Waals surface area contributed by atoms with Crippen molar-refractivity contribution < 1.29 is 18.9 Å². The molecule has 2 aromatic heterocycles. The van der Waals surface area contributed by atoms with Crippen molar-refractivity contribution in [3.05, 3.63) is 58.1 Å². The number of carbonyl (C=O) groups is 3. The lowest BCUT2D eigenvalue weighted by atomic mass is 10.00. The third-order valence-corrected chi connectivity index (χ3v) is 5.66. The van der Waals surface area contributed by atoms with E-state index in [1.165, 1.54) is 0 Å². The molecule has 3 aromatic rings. The minimum absolute atomic E-state index is 0.0361. The predicted molar refractivity (Wildman–Crippen MR) is 98.7 cm³/mol. The zero-order valence-electron chi connectivity index (χ0n) is 14.6. The van der Waals surface area contributed by atoms with Gasteiger partial charge >= 0.3 is 0 Å². The molecule has 1 fully saturated rings. The number of benzene rings is 1. The highest BCUT2D eigenvalue weighted by atomic mass is 32.1. The predicted octanol–water partition coefficient (Wildman–Crippen LogP) is 2.02. The molecule has 1 saturated heterocycles. The third-order valence-electron chi connectivity index (χ3n) is 4.98. The van der Waals surface area contributed by atoms with E-state index in [-0.39, 0.29) is 18.4 Å². The summed E-state index contributed by atoms with van der Waals surface area (Å²) in [4.78, 5) is 44.2. The van der Waals surface area contributed by atoms with Crippen molar-refractivity contribution in [3.63, 3.8) is 0 Å². The Bertz CT molecular complexity index is 1050. The van der Waals surface area contributed by atoms with Crippen molar-refractivity contribution in [3.8, 4) is 11.4 Å². The molecule has 4 heterocycles.